The number of amides is 1. The molecule has 41 valence electrons. The van der Waals surface area contributed by atoms with Crippen molar-refractivity contribution in [1.29, 1.82) is 0 Å². The van der Waals surface area contributed by atoms with E-state index in [4.69, 9.17) is 0 Å². The molecule has 4 nitrogen and oxygen atoms in total. The number of ether oxygens (including phenoxy) is 1. The Morgan fingerprint density at radius 1 is 1.71 bits per heavy atom. The quantitative estimate of drug-likeness (QED) is 0.460. The molecule has 0 heterocycles. The van der Waals surface area contributed by atoms with Gasteiger partial charge in [-0.1, -0.05) is 0 Å². The Kier molecular flexibility index (Phi) is 3.26. The lowest BCUT2D eigenvalue weighted by atomic mass is 10.7. The molecule has 0 bridgehead atoms. The van der Waals surface area contributed by atoms with Crippen molar-refractivity contribution >= 4 is 5.91 Å². The first-order chi connectivity index (χ1) is 3.27. The number of primary amides is 1. The van der Waals surface area contributed by atoms with Crippen LogP contribution >= 0.6 is 0 Å². The first-order valence-electron chi connectivity index (χ1n) is 1.71. The van der Waals surface area contributed by atoms with E-state index in [1.54, 1.807) is 0 Å². The molecule has 0 aliphatic carbocycles. The second-order valence-corrected chi connectivity index (χ2v) is 0.933. The van der Waals surface area contributed by atoms with Crippen molar-refractivity contribution in [2.24, 2.45) is 5.73 Å². The minimum absolute atomic E-state index is 0.274. The van der Waals surface area contributed by atoms with Gasteiger partial charge < -0.3 is 10.5 Å². The first kappa shape index (κ1) is 6.39. The van der Waals surface area contributed by atoms with Gasteiger partial charge in [-0.05, 0) is 0 Å². The largest absolute Gasteiger partial charge is 0.368 e. The number of hydrogen-bond acceptors (Lipinski definition) is 2. The average Bonchev–Trinajstić information content (AvgIpc) is 1.61. The molecule has 0 aromatic heterocycles. The number of carbonyl (C=O) groups excluding carboxylic acids is 1. The summed E-state index contributed by atoms with van der Waals surface area (Å²) in [6.45, 7) is -0.980. The Bertz CT molecular complexity index is 63.2. The van der Waals surface area contributed by atoms with Crippen LogP contribution < -0.4 is 5.73 Å². The molecule has 0 saturated heterocycles. The van der Waals surface area contributed by atoms with Gasteiger partial charge in [0.25, 0.3) is 0 Å². The summed E-state index contributed by atoms with van der Waals surface area (Å²) >= 11 is 0. The van der Waals surface area contributed by atoms with Crippen molar-refractivity contribution in [3.63, 3.8) is 0 Å². The molecule has 1 amide bonds. The highest BCUT2D eigenvalue weighted by molar-refractivity contribution is 5.74. The molecular formula is C3H6NO3. The Morgan fingerprint density at radius 2 is 2.29 bits per heavy atom. The molecule has 1 radical (unpaired) electrons. The normalized spacial score (nSPS) is 8.71. The highest BCUT2D eigenvalue weighted by atomic mass is 16.6. The van der Waals surface area contributed by atoms with Gasteiger partial charge in [0.1, 0.15) is 6.61 Å². The van der Waals surface area contributed by atoms with E-state index in [1.165, 1.54) is 0 Å². The summed E-state index contributed by atoms with van der Waals surface area (Å²) in [5.74, 6) is -0.615. The first-order valence-corrected chi connectivity index (χ1v) is 1.71. The van der Waals surface area contributed by atoms with Gasteiger partial charge in [0.2, 0.25) is 5.91 Å². The third-order valence-electron chi connectivity index (χ3n) is 0.328. The lowest BCUT2D eigenvalue weighted by Crippen LogP contribution is -2.17. The Morgan fingerprint density at radius 3 is 2.43 bits per heavy atom. The molecule has 0 aromatic carbocycles. The maximum atomic E-state index is 9.72. The van der Waals surface area contributed by atoms with Crippen molar-refractivity contribution in [3.8, 4) is 0 Å². The fourth-order valence-electron chi connectivity index (χ4n) is 0.142. The van der Waals surface area contributed by atoms with Crippen LogP contribution in [-0.2, 0) is 14.6 Å². The summed E-state index contributed by atoms with van der Waals surface area (Å²) in [5, 5.41) is 9.40. The maximum Gasteiger partial charge on any atom is 0.243 e. The zero-order valence-electron chi connectivity index (χ0n) is 3.72. The van der Waals surface area contributed by atoms with Gasteiger partial charge in [-0.3, -0.25) is 4.79 Å². The molecule has 0 unspecified atom stereocenters. The standard InChI is InChI=1S/C3H6NO3/c4-3(6)1-7-2-5/h1-2H2,(H2,4,6). The summed E-state index contributed by atoms with van der Waals surface area (Å²) in [6.07, 6.45) is 0. The number of nitrogens with two attached hydrogens (primary N) is 1. The zero-order valence-corrected chi connectivity index (χ0v) is 3.72. The van der Waals surface area contributed by atoms with Crippen LogP contribution in [-0.4, -0.2) is 19.3 Å². The topological polar surface area (TPSA) is 72.2 Å². The fraction of sp³-hybridized carbons (Fsp3) is 0.667. The summed E-state index contributed by atoms with van der Waals surface area (Å²) in [6, 6.07) is 0. The smallest absolute Gasteiger partial charge is 0.243 e. The molecular weight excluding hydrogens is 98.0 g/mol. The molecule has 0 rings (SSSR count). The summed E-state index contributed by atoms with van der Waals surface area (Å²) in [7, 11) is 0. The van der Waals surface area contributed by atoms with Crippen LogP contribution in [0.4, 0.5) is 0 Å². The van der Waals surface area contributed by atoms with Crippen molar-refractivity contribution in [2.75, 3.05) is 13.4 Å². The van der Waals surface area contributed by atoms with Gasteiger partial charge in [0, 0.05) is 0 Å². The van der Waals surface area contributed by atoms with Gasteiger partial charge in [-0.25, -0.2) is 5.11 Å². The Labute approximate surface area is 40.9 Å². The van der Waals surface area contributed by atoms with Gasteiger partial charge >= 0.3 is 0 Å². The third-order valence-corrected chi connectivity index (χ3v) is 0.328. The lowest BCUT2D eigenvalue weighted by Gasteiger charge is -1.89. The zero-order chi connectivity index (χ0) is 5.70. The molecule has 7 heavy (non-hydrogen) atoms. The van der Waals surface area contributed by atoms with Gasteiger partial charge in [-0.15, -0.1) is 0 Å². The minimum Gasteiger partial charge on any atom is -0.368 e. The van der Waals surface area contributed by atoms with E-state index in [1.807, 2.05) is 0 Å². The molecule has 0 fully saturated rings. The van der Waals surface area contributed by atoms with E-state index in [9.17, 15) is 9.90 Å². The molecule has 0 spiro atoms. The monoisotopic (exact) mass is 104 g/mol. The van der Waals surface area contributed by atoms with Crippen molar-refractivity contribution < 1.29 is 14.6 Å². The number of carbonyl (C=O) groups is 1. The van der Waals surface area contributed by atoms with Gasteiger partial charge in [0.15, 0.2) is 6.79 Å². The van der Waals surface area contributed by atoms with Crippen LogP contribution in [0.3, 0.4) is 0 Å². The van der Waals surface area contributed by atoms with Crippen LogP contribution in [0.25, 0.3) is 0 Å². The van der Waals surface area contributed by atoms with Crippen molar-refractivity contribution in [1.82, 2.24) is 0 Å². The lowest BCUT2D eigenvalue weighted by molar-refractivity contribution is -0.128. The van der Waals surface area contributed by atoms with E-state index in [0.29, 0.717) is 0 Å². The molecule has 0 aromatic rings. The van der Waals surface area contributed by atoms with Crippen LogP contribution in [0, 0.1) is 0 Å². The van der Waals surface area contributed by atoms with Crippen LogP contribution in [0.1, 0.15) is 0 Å². The summed E-state index contributed by atoms with van der Waals surface area (Å²) in [5.41, 5.74) is 4.58. The van der Waals surface area contributed by atoms with Crippen LogP contribution in [0.15, 0.2) is 0 Å². The van der Waals surface area contributed by atoms with Crippen molar-refractivity contribution in [2.45, 2.75) is 0 Å². The van der Waals surface area contributed by atoms with Gasteiger partial charge in [0.05, 0.1) is 0 Å². The van der Waals surface area contributed by atoms with E-state index >= 15 is 0 Å². The number of rotatable bonds is 3. The Hall–Kier alpha value is -0.610. The van der Waals surface area contributed by atoms with Crippen LogP contribution in [0.5, 0.6) is 0 Å². The predicted octanol–water partition coefficient (Wildman–Crippen LogP) is -1.12. The average molecular weight is 104 g/mol. The van der Waals surface area contributed by atoms with Crippen LogP contribution in [0.2, 0.25) is 0 Å². The molecule has 2 N–H and O–H groups in total. The molecule has 0 saturated carbocycles. The SMILES string of the molecule is NC(=O)COC[O]. The van der Waals surface area contributed by atoms with E-state index < -0.39 is 12.7 Å². The van der Waals surface area contributed by atoms with E-state index in [-0.39, 0.29) is 6.61 Å². The molecule has 0 aliphatic rings. The number of hydrogen-bond donors (Lipinski definition) is 1. The minimum atomic E-state index is -0.705. The van der Waals surface area contributed by atoms with E-state index in [2.05, 4.69) is 10.5 Å². The second kappa shape index (κ2) is 3.58. The highest BCUT2D eigenvalue weighted by Crippen LogP contribution is 1.65. The summed E-state index contributed by atoms with van der Waals surface area (Å²) in [4.78, 5) is 9.72. The Balaban J connectivity index is 2.82. The second-order valence-electron chi connectivity index (χ2n) is 0.933. The fourth-order valence-corrected chi connectivity index (χ4v) is 0.142. The predicted molar refractivity (Wildman–Crippen MR) is 20.7 cm³/mol. The molecule has 4 heteroatoms. The molecule has 0 atom stereocenters. The summed E-state index contributed by atoms with van der Waals surface area (Å²) < 4.78 is 4.06. The highest BCUT2D eigenvalue weighted by Gasteiger charge is 1.88. The third kappa shape index (κ3) is 5.39. The maximum absolute atomic E-state index is 9.72. The van der Waals surface area contributed by atoms with Crippen molar-refractivity contribution in [3.05, 3.63) is 0 Å². The van der Waals surface area contributed by atoms with Gasteiger partial charge in [-0.2, -0.15) is 0 Å². The molecule has 0 aliphatic heterocycles. The van der Waals surface area contributed by atoms with E-state index in [0.717, 1.165) is 0 Å².